The quantitative estimate of drug-likeness (QED) is 0.364. The van der Waals surface area contributed by atoms with Crippen LogP contribution >= 0.6 is 23.2 Å². The van der Waals surface area contributed by atoms with Gasteiger partial charge in [0.25, 0.3) is 5.91 Å². The zero-order chi connectivity index (χ0) is 26.6. The van der Waals surface area contributed by atoms with Gasteiger partial charge in [0, 0.05) is 0 Å². The van der Waals surface area contributed by atoms with Crippen LogP contribution in [-0.4, -0.2) is 47.2 Å². The summed E-state index contributed by atoms with van der Waals surface area (Å²) >= 11 is 12.5. The minimum Gasteiger partial charge on any atom is -0.465 e. The van der Waals surface area contributed by atoms with Gasteiger partial charge in [-0.1, -0.05) is 35.3 Å². The highest BCUT2D eigenvalue weighted by Crippen LogP contribution is 2.36. The average Bonchev–Trinajstić information content (AvgIpc) is 3.17. The van der Waals surface area contributed by atoms with Crippen molar-refractivity contribution >= 4 is 57.8 Å². The number of rotatable bonds is 8. The van der Waals surface area contributed by atoms with E-state index in [1.807, 2.05) is 0 Å². The van der Waals surface area contributed by atoms with Gasteiger partial charge in [0.1, 0.15) is 18.6 Å². The molecule has 0 aliphatic carbocycles. The first kappa shape index (κ1) is 27.3. The molecule has 1 aromatic heterocycles. The minimum absolute atomic E-state index is 0.0242. The second kappa shape index (κ2) is 11.2. The minimum atomic E-state index is -4.94. The van der Waals surface area contributed by atoms with Crippen molar-refractivity contribution in [2.75, 3.05) is 24.7 Å². The van der Waals surface area contributed by atoms with Gasteiger partial charge in [-0.25, -0.2) is 4.98 Å². The number of imidazole rings is 1. The predicted molar refractivity (Wildman–Crippen MR) is 126 cm³/mol. The lowest BCUT2D eigenvalue weighted by Crippen LogP contribution is -2.37. The summed E-state index contributed by atoms with van der Waals surface area (Å²) in [4.78, 5) is 42.6. The van der Waals surface area contributed by atoms with Crippen LogP contribution in [0.3, 0.4) is 0 Å². The molecule has 13 heteroatoms. The summed E-state index contributed by atoms with van der Waals surface area (Å²) in [5.41, 5.74) is -0.780. The molecule has 192 valence electrons. The third-order valence-electron chi connectivity index (χ3n) is 4.90. The Hall–Kier alpha value is -3.31. The number of carbonyl (C=O) groups is 3. The summed E-state index contributed by atoms with van der Waals surface area (Å²) < 4.78 is 51.8. The van der Waals surface area contributed by atoms with E-state index < -0.39 is 42.9 Å². The first-order valence-electron chi connectivity index (χ1n) is 10.6. The molecule has 1 amide bonds. The van der Waals surface area contributed by atoms with E-state index in [0.717, 1.165) is 4.90 Å². The van der Waals surface area contributed by atoms with E-state index in [0.29, 0.717) is 4.57 Å². The van der Waals surface area contributed by atoms with Crippen molar-refractivity contribution in [3.8, 4) is 0 Å². The second-order valence-electron chi connectivity index (χ2n) is 7.26. The normalized spacial score (nSPS) is 11.4. The molecule has 0 aliphatic heterocycles. The smallest absolute Gasteiger partial charge is 0.449 e. The van der Waals surface area contributed by atoms with Gasteiger partial charge in [0.05, 0.1) is 40.0 Å². The first-order chi connectivity index (χ1) is 17.0. The number of benzene rings is 2. The maximum Gasteiger partial charge on any atom is 0.449 e. The molecule has 8 nitrogen and oxygen atoms in total. The lowest BCUT2D eigenvalue weighted by atomic mass is 10.1. The molecular weight excluding hydrogens is 526 g/mol. The Morgan fingerprint density at radius 3 is 2.14 bits per heavy atom. The highest BCUT2D eigenvalue weighted by molar-refractivity contribution is 6.40. The van der Waals surface area contributed by atoms with E-state index >= 15 is 0 Å². The summed E-state index contributed by atoms with van der Waals surface area (Å²) in [6.45, 7) is 1.69. The monoisotopic (exact) mass is 545 g/mol. The molecule has 0 fully saturated rings. The van der Waals surface area contributed by atoms with Crippen molar-refractivity contribution in [3.63, 3.8) is 0 Å². The Labute approximate surface area is 213 Å². The predicted octanol–water partition coefficient (Wildman–Crippen LogP) is 5.13. The van der Waals surface area contributed by atoms with Gasteiger partial charge in [0.15, 0.2) is 0 Å². The van der Waals surface area contributed by atoms with Gasteiger partial charge >= 0.3 is 18.1 Å². The van der Waals surface area contributed by atoms with Gasteiger partial charge in [-0.2, -0.15) is 13.2 Å². The standard InChI is InChI=1S/C23H20Cl2F3N3O5/c1-3-35-17(32)11-30-16-10-5-7-13(19(16)29-22(30)23(26,27)28)21(34)31(12-18(33)36-4-2)20-14(24)8-6-9-15(20)25/h5-10H,3-4,11-12H2,1-2H3. The molecule has 0 atom stereocenters. The lowest BCUT2D eigenvalue weighted by molar-refractivity contribution is -0.150. The van der Waals surface area contributed by atoms with E-state index in [-0.39, 0.29) is 45.5 Å². The molecule has 0 N–H and O–H groups in total. The van der Waals surface area contributed by atoms with Crippen molar-refractivity contribution in [1.29, 1.82) is 0 Å². The topological polar surface area (TPSA) is 90.7 Å². The van der Waals surface area contributed by atoms with Crippen LogP contribution in [0.5, 0.6) is 0 Å². The van der Waals surface area contributed by atoms with Gasteiger partial charge in [-0.05, 0) is 38.1 Å². The molecule has 0 aliphatic rings. The van der Waals surface area contributed by atoms with Crippen LogP contribution in [0.15, 0.2) is 36.4 Å². The highest BCUT2D eigenvalue weighted by atomic mass is 35.5. The van der Waals surface area contributed by atoms with Gasteiger partial charge in [0.2, 0.25) is 5.82 Å². The molecular formula is C23H20Cl2F3N3O5. The molecule has 36 heavy (non-hydrogen) atoms. The summed E-state index contributed by atoms with van der Waals surface area (Å²) in [7, 11) is 0. The Balaban J connectivity index is 2.20. The summed E-state index contributed by atoms with van der Waals surface area (Å²) in [5, 5.41) is 0.0484. The Morgan fingerprint density at radius 1 is 0.972 bits per heavy atom. The third kappa shape index (κ3) is 5.73. The number of amides is 1. The lowest BCUT2D eigenvalue weighted by Gasteiger charge is -2.24. The number of esters is 2. The van der Waals surface area contributed by atoms with Gasteiger partial charge < -0.3 is 14.0 Å². The average molecular weight is 546 g/mol. The molecule has 0 spiro atoms. The number of nitrogens with zero attached hydrogens (tertiary/aromatic N) is 3. The molecule has 0 bridgehead atoms. The van der Waals surface area contributed by atoms with Crippen molar-refractivity contribution in [2.24, 2.45) is 0 Å². The number of carbonyl (C=O) groups excluding carboxylic acids is 3. The van der Waals surface area contributed by atoms with E-state index in [1.54, 1.807) is 6.92 Å². The van der Waals surface area contributed by atoms with E-state index in [2.05, 4.69) is 4.98 Å². The molecule has 0 unspecified atom stereocenters. The Kier molecular flexibility index (Phi) is 8.47. The van der Waals surface area contributed by atoms with E-state index in [4.69, 9.17) is 32.7 Å². The van der Waals surface area contributed by atoms with E-state index in [9.17, 15) is 27.6 Å². The summed E-state index contributed by atoms with van der Waals surface area (Å²) in [6.07, 6.45) is -4.94. The molecule has 3 aromatic rings. The SMILES string of the molecule is CCOC(=O)CN(C(=O)c1cccc2c1nc(C(F)(F)F)n2CC(=O)OCC)c1c(Cl)cccc1Cl. The van der Waals surface area contributed by atoms with Crippen LogP contribution in [0, 0.1) is 0 Å². The van der Waals surface area contributed by atoms with Crippen LogP contribution in [0.1, 0.15) is 30.0 Å². The first-order valence-corrected chi connectivity index (χ1v) is 11.4. The van der Waals surface area contributed by atoms with Crippen LogP contribution < -0.4 is 4.90 Å². The molecule has 3 rings (SSSR count). The zero-order valence-electron chi connectivity index (χ0n) is 19.1. The fraction of sp³-hybridized carbons (Fsp3) is 0.304. The summed E-state index contributed by atoms with van der Waals surface area (Å²) in [6, 6.07) is 8.25. The number of hydrogen-bond acceptors (Lipinski definition) is 6. The van der Waals surface area contributed by atoms with Gasteiger partial charge in [-0.3, -0.25) is 19.3 Å². The van der Waals surface area contributed by atoms with Crippen molar-refractivity contribution in [3.05, 3.63) is 57.8 Å². The Bertz CT molecular complexity index is 1290. The van der Waals surface area contributed by atoms with Crippen molar-refractivity contribution < 1.29 is 37.0 Å². The molecule has 1 heterocycles. The van der Waals surface area contributed by atoms with Crippen LogP contribution in [0.25, 0.3) is 11.0 Å². The number of halogens is 5. The van der Waals surface area contributed by atoms with Crippen molar-refractivity contribution in [1.82, 2.24) is 9.55 Å². The third-order valence-corrected chi connectivity index (χ3v) is 5.51. The fourth-order valence-corrected chi connectivity index (χ4v) is 4.11. The van der Waals surface area contributed by atoms with Crippen molar-refractivity contribution in [2.45, 2.75) is 26.6 Å². The molecule has 0 saturated heterocycles. The largest absolute Gasteiger partial charge is 0.465 e. The number of anilines is 1. The number of aromatic nitrogens is 2. The van der Waals surface area contributed by atoms with Crippen LogP contribution in [0.4, 0.5) is 18.9 Å². The number of para-hydroxylation sites is 2. The molecule has 0 radical (unpaired) electrons. The summed E-state index contributed by atoms with van der Waals surface area (Å²) in [5.74, 6) is -4.00. The fourth-order valence-electron chi connectivity index (χ4n) is 3.51. The maximum absolute atomic E-state index is 13.8. The zero-order valence-corrected chi connectivity index (χ0v) is 20.6. The second-order valence-corrected chi connectivity index (χ2v) is 8.08. The number of ether oxygens (including phenoxy) is 2. The van der Waals surface area contributed by atoms with Crippen LogP contribution in [0.2, 0.25) is 10.0 Å². The molecule has 2 aromatic carbocycles. The van der Waals surface area contributed by atoms with Crippen LogP contribution in [-0.2, 0) is 31.8 Å². The Morgan fingerprint density at radius 2 is 1.56 bits per heavy atom. The molecule has 0 saturated carbocycles. The highest BCUT2D eigenvalue weighted by Gasteiger charge is 2.39. The van der Waals surface area contributed by atoms with Gasteiger partial charge in [-0.15, -0.1) is 0 Å². The number of fused-ring (bicyclic) bond motifs is 1. The maximum atomic E-state index is 13.8. The van der Waals surface area contributed by atoms with E-state index in [1.165, 1.54) is 43.3 Å². The number of hydrogen-bond donors (Lipinski definition) is 0. The number of alkyl halides is 3.